The number of carbonyl (C=O) groups is 2. The Kier molecular flexibility index (Phi) is 3.57. The highest BCUT2D eigenvalue weighted by Crippen LogP contribution is 2.20. The number of imidazole rings is 1. The summed E-state index contributed by atoms with van der Waals surface area (Å²) in [6.07, 6.45) is 1.15. The normalized spacial score (nSPS) is 10.9. The van der Waals surface area contributed by atoms with Gasteiger partial charge in [-0.25, -0.2) is 9.78 Å². The molecule has 0 saturated carbocycles. The Balaban J connectivity index is 2.01. The minimum Gasteiger partial charge on any atom is -0.478 e. The van der Waals surface area contributed by atoms with E-state index in [4.69, 9.17) is 5.11 Å². The second-order valence-corrected chi connectivity index (χ2v) is 4.96. The average Bonchev–Trinajstić information content (AvgIpc) is 3.07. The molecule has 3 aromatic rings. The van der Waals surface area contributed by atoms with Gasteiger partial charge in [-0.1, -0.05) is 12.1 Å². The number of para-hydroxylation sites is 2. The van der Waals surface area contributed by atoms with Gasteiger partial charge in [-0.15, -0.1) is 0 Å². The summed E-state index contributed by atoms with van der Waals surface area (Å²) in [5.41, 5.74) is 1.48. The van der Waals surface area contributed by atoms with E-state index < -0.39 is 11.9 Å². The van der Waals surface area contributed by atoms with E-state index in [1.807, 2.05) is 35.8 Å². The summed E-state index contributed by atoms with van der Waals surface area (Å²) in [6.45, 7) is 2.56. The molecule has 2 heterocycles. The van der Waals surface area contributed by atoms with Gasteiger partial charge in [0.25, 0.3) is 5.91 Å². The fraction of sp³-hybridized carbons (Fsp3) is 0.200. The van der Waals surface area contributed by atoms with Gasteiger partial charge < -0.3 is 9.67 Å². The molecule has 1 amide bonds. The lowest BCUT2D eigenvalue weighted by molar-refractivity contribution is 0.0692. The van der Waals surface area contributed by atoms with Gasteiger partial charge in [0.2, 0.25) is 5.95 Å². The first-order chi connectivity index (χ1) is 11.0. The van der Waals surface area contributed by atoms with E-state index in [2.05, 4.69) is 15.4 Å². The first-order valence-electron chi connectivity index (χ1n) is 7.04. The monoisotopic (exact) mass is 313 g/mol. The van der Waals surface area contributed by atoms with Gasteiger partial charge in [0.15, 0.2) is 0 Å². The van der Waals surface area contributed by atoms with Gasteiger partial charge >= 0.3 is 5.97 Å². The van der Waals surface area contributed by atoms with E-state index in [9.17, 15) is 9.59 Å². The Morgan fingerprint density at radius 1 is 1.30 bits per heavy atom. The number of nitrogens with zero attached hydrogens (tertiary/aromatic N) is 4. The number of amides is 1. The van der Waals surface area contributed by atoms with Crippen LogP contribution in [0.3, 0.4) is 0 Å². The smallest absolute Gasteiger partial charge is 0.339 e. The van der Waals surface area contributed by atoms with E-state index in [0.29, 0.717) is 12.5 Å². The van der Waals surface area contributed by atoms with Gasteiger partial charge in [-0.05, 0) is 19.1 Å². The van der Waals surface area contributed by atoms with E-state index in [0.717, 1.165) is 17.2 Å². The predicted octanol–water partition coefficient (Wildman–Crippen LogP) is 1.74. The van der Waals surface area contributed by atoms with Crippen LogP contribution in [0.1, 0.15) is 27.8 Å². The maximum Gasteiger partial charge on any atom is 0.339 e. The van der Waals surface area contributed by atoms with Crippen LogP contribution in [0.2, 0.25) is 0 Å². The van der Waals surface area contributed by atoms with Gasteiger partial charge in [0, 0.05) is 13.6 Å². The molecule has 0 aliphatic heterocycles. The Bertz CT molecular complexity index is 909. The zero-order valence-electron chi connectivity index (χ0n) is 12.6. The Morgan fingerprint density at radius 3 is 2.74 bits per heavy atom. The SMILES string of the molecule is CCn1c(NC(=O)c2c(C(=O)O)cnn2C)nc2ccccc21. The van der Waals surface area contributed by atoms with E-state index in [1.54, 1.807) is 0 Å². The lowest BCUT2D eigenvalue weighted by Gasteiger charge is -2.08. The van der Waals surface area contributed by atoms with E-state index >= 15 is 0 Å². The zero-order chi connectivity index (χ0) is 16.6. The highest BCUT2D eigenvalue weighted by atomic mass is 16.4. The zero-order valence-corrected chi connectivity index (χ0v) is 12.6. The van der Waals surface area contributed by atoms with Crippen molar-refractivity contribution in [2.45, 2.75) is 13.5 Å². The lowest BCUT2D eigenvalue weighted by atomic mass is 10.2. The van der Waals surface area contributed by atoms with Crippen LogP contribution in [0.25, 0.3) is 11.0 Å². The quantitative estimate of drug-likeness (QED) is 0.764. The molecule has 118 valence electrons. The fourth-order valence-corrected chi connectivity index (χ4v) is 2.52. The van der Waals surface area contributed by atoms with Crippen molar-refractivity contribution < 1.29 is 14.7 Å². The number of carboxylic acid groups (broad SMARTS) is 1. The molecule has 0 fully saturated rings. The molecule has 0 atom stereocenters. The number of anilines is 1. The number of aromatic carboxylic acids is 1. The molecule has 0 radical (unpaired) electrons. The number of hydrogen-bond acceptors (Lipinski definition) is 4. The van der Waals surface area contributed by atoms with Gasteiger partial charge in [0.1, 0.15) is 11.3 Å². The second kappa shape index (κ2) is 5.56. The van der Waals surface area contributed by atoms with Crippen molar-refractivity contribution >= 4 is 28.9 Å². The minimum absolute atomic E-state index is 0.0211. The summed E-state index contributed by atoms with van der Waals surface area (Å²) in [7, 11) is 1.52. The third-order valence-electron chi connectivity index (χ3n) is 3.58. The molecule has 0 aliphatic rings. The molecule has 2 aromatic heterocycles. The van der Waals surface area contributed by atoms with Crippen molar-refractivity contribution in [3.8, 4) is 0 Å². The molecule has 0 unspecified atom stereocenters. The van der Waals surface area contributed by atoms with Crippen LogP contribution in [0, 0.1) is 0 Å². The highest BCUT2D eigenvalue weighted by Gasteiger charge is 2.23. The molecule has 0 aliphatic carbocycles. The molecule has 23 heavy (non-hydrogen) atoms. The van der Waals surface area contributed by atoms with Crippen molar-refractivity contribution in [1.29, 1.82) is 0 Å². The van der Waals surface area contributed by atoms with Crippen LogP contribution in [0.4, 0.5) is 5.95 Å². The number of carboxylic acids is 1. The summed E-state index contributed by atoms with van der Waals surface area (Å²) in [6, 6.07) is 7.52. The Morgan fingerprint density at radius 2 is 2.04 bits per heavy atom. The topological polar surface area (TPSA) is 102 Å². The first kappa shape index (κ1) is 14.8. The van der Waals surface area contributed by atoms with Crippen molar-refractivity contribution in [2.24, 2.45) is 7.05 Å². The second-order valence-electron chi connectivity index (χ2n) is 4.96. The number of aromatic nitrogens is 4. The molecule has 2 N–H and O–H groups in total. The van der Waals surface area contributed by atoms with Crippen LogP contribution in [0.15, 0.2) is 30.5 Å². The highest BCUT2D eigenvalue weighted by molar-refractivity contribution is 6.09. The lowest BCUT2D eigenvalue weighted by Crippen LogP contribution is -2.21. The van der Waals surface area contributed by atoms with Crippen LogP contribution < -0.4 is 5.32 Å². The Labute approximate surface area is 131 Å². The van der Waals surface area contributed by atoms with Crippen molar-refractivity contribution in [3.63, 3.8) is 0 Å². The number of carbonyl (C=O) groups excluding carboxylic acids is 1. The van der Waals surface area contributed by atoms with Crippen molar-refractivity contribution in [1.82, 2.24) is 19.3 Å². The van der Waals surface area contributed by atoms with Crippen LogP contribution in [-0.2, 0) is 13.6 Å². The molecule has 0 spiro atoms. The standard InChI is InChI=1S/C15H15N5O3/c1-3-20-11-7-5-4-6-10(11)17-15(20)18-13(21)12-9(14(22)23)8-16-19(12)2/h4-8H,3H2,1-2H3,(H,22,23)(H,17,18,21). The minimum atomic E-state index is -1.20. The number of fused-ring (bicyclic) bond motifs is 1. The molecule has 8 nitrogen and oxygen atoms in total. The van der Waals surface area contributed by atoms with E-state index in [1.165, 1.54) is 11.7 Å². The third kappa shape index (κ3) is 2.44. The summed E-state index contributed by atoms with van der Waals surface area (Å²) in [4.78, 5) is 28.1. The van der Waals surface area contributed by atoms with Gasteiger partial charge in [0.05, 0.1) is 17.2 Å². The van der Waals surface area contributed by atoms with E-state index in [-0.39, 0.29) is 11.3 Å². The summed E-state index contributed by atoms with van der Waals surface area (Å²) in [5.74, 6) is -1.39. The van der Waals surface area contributed by atoms with Crippen LogP contribution in [-0.4, -0.2) is 36.3 Å². The molecule has 0 bridgehead atoms. The number of aryl methyl sites for hydroxylation is 2. The van der Waals surface area contributed by atoms with Crippen LogP contribution in [0.5, 0.6) is 0 Å². The fourth-order valence-electron chi connectivity index (χ4n) is 2.52. The third-order valence-corrected chi connectivity index (χ3v) is 3.58. The molecule has 1 aromatic carbocycles. The average molecular weight is 313 g/mol. The Hall–Kier alpha value is -3.16. The summed E-state index contributed by atoms with van der Waals surface area (Å²) >= 11 is 0. The van der Waals surface area contributed by atoms with Crippen molar-refractivity contribution in [3.05, 3.63) is 41.7 Å². The summed E-state index contributed by atoms with van der Waals surface area (Å²) < 4.78 is 3.09. The molecule has 3 rings (SSSR count). The molecule has 0 saturated heterocycles. The maximum atomic E-state index is 12.5. The first-order valence-corrected chi connectivity index (χ1v) is 7.04. The molecule has 8 heteroatoms. The molecular weight excluding hydrogens is 298 g/mol. The van der Waals surface area contributed by atoms with Crippen LogP contribution >= 0.6 is 0 Å². The van der Waals surface area contributed by atoms with Gasteiger partial charge in [-0.2, -0.15) is 5.10 Å². The van der Waals surface area contributed by atoms with Crippen molar-refractivity contribution in [2.75, 3.05) is 5.32 Å². The number of rotatable bonds is 4. The van der Waals surface area contributed by atoms with Gasteiger partial charge in [-0.3, -0.25) is 14.8 Å². The summed E-state index contributed by atoms with van der Waals surface area (Å²) in [5, 5.41) is 15.7. The number of nitrogens with one attached hydrogen (secondary N) is 1. The largest absolute Gasteiger partial charge is 0.478 e. The molecular formula is C15H15N5O3. The number of hydrogen-bond donors (Lipinski definition) is 2. The number of benzene rings is 1. The predicted molar refractivity (Wildman–Crippen MR) is 83.5 cm³/mol. The maximum absolute atomic E-state index is 12.5.